The summed E-state index contributed by atoms with van der Waals surface area (Å²) in [5, 5.41) is 3.08. The Morgan fingerprint density at radius 2 is 2.07 bits per heavy atom. The van der Waals surface area contributed by atoms with Crippen LogP contribution in [-0.4, -0.2) is 62.9 Å². The summed E-state index contributed by atoms with van der Waals surface area (Å²) in [7, 11) is 0. The minimum atomic E-state index is 0.0941. The molecule has 2 N–H and O–H groups in total. The number of piperidine rings is 2. The van der Waals surface area contributed by atoms with Gasteiger partial charge in [-0.3, -0.25) is 19.6 Å². The highest BCUT2D eigenvalue weighted by atomic mass is 16.1. The quantitative estimate of drug-likeness (QED) is 0.782. The highest BCUT2D eigenvalue weighted by Gasteiger charge is 2.31. The Labute approximate surface area is 172 Å². The van der Waals surface area contributed by atoms with Crippen molar-refractivity contribution in [1.29, 1.82) is 0 Å². The van der Waals surface area contributed by atoms with Crippen LogP contribution in [0.1, 0.15) is 42.9 Å². The Hall–Kier alpha value is -2.25. The molecule has 0 spiro atoms. The van der Waals surface area contributed by atoms with E-state index in [9.17, 15) is 4.79 Å². The van der Waals surface area contributed by atoms with E-state index in [0.717, 1.165) is 62.8 Å². The van der Waals surface area contributed by atoms with Crippen molar-refractivity contribution in [3.63, 3.8) is 0 Å². The largest absolute Gasteiger partial charge is 0.350 e. The zero-order valence-electron chi connectivity index (χ0n) is 17.3. The van der Waals surface area contributed by atoms with Gasteiger partial charge in [-0.1, -0.05) is 6.07 Å². The van der Waals surface area contributed by atoms with Crippen LogP contribution in [0.25, 0.3) is 0 Å². The summed E-state index contributed by atoms with van der Waals surface area (Å²) in [4.78, 5) is 29.8. The molecular formula is C22H32N6O. The van der Waals surface area contributed by atoms with E-state index in [1.165, 1.54) is 12.8 Å². The minimum absolute atomic E-state index is 0.0941. The van der Waals surface area contributed by atoms with Crippen LogP contribution in [0.4, 0.5) is 0 Å². The zero-order chi connectivity index (χ0) is 20.1. The predicted octanol–water partition coefficient (Wildman–Crippen LogP) is 2.11. The molecule has 4 heterocycles. The second-order valence-corrected chi connectivity index (χ2v) is 8.39. The number of imidazole rings is 1. The van der Waals surface area contributed by atoms with Crippen LogP contribution in [0.3, 0.4) is 0 Å². The maximum Gasteiger partial charge on any atom is 0.224 e. The molecule has 2 aromatic rings. The number of pyridine rings is 1. The van der Waals surface area contributed by atoms with Crippen LogP contribution in [0.15, 0.2) is 30.6 Å². The van der Waals surface area contributed by atoms with Gasteiger partial charge in [0.05, 0.1) is 24.7 Å². The first-order chi connectivity index (χ1) is 14.2. The third-order valence-electron chi connectivity index (χ3n) is 6.20. The Kier molecular flexibility index (Phi) is 6.56. The number of amides is 1. The molecule has 2 fully saturated rings. The lowest BCUT2D eigenvalue weighted by Gasteiger charge is -2.41. The number of aryl methyl sites for hydroxylation is 1. The lowest BCUT2D eigenvalue weighted by Crippen LogP contribution is -2.50. The second kappa shape index (κ2) is 9.50. The topological polar surface area (TPSA) is 77.2 Å². The molecule has 0 aliphatic carbocycles. The van der Waals surface area contributed by atoms with Crippen LogP contribution < -0.4 is 5.32 Å². The summed E-state index contributed by atoms with van der Waals surface area (Å²) >= 11 is 0. The Bertz CT molecular complexity index is 784. The van der Waals surface area contributed by atoms with Crippen LogP contribution in [0.5, 0.6) is 0 Å². The van der Waals surface area contributed by atoms with Gasteiger partial charge in [0.1, 0.15) is 5.82 Å². The summed E-state index contributed by atoms with van der Waals surface area (Å²) in [6, 6.07) is 6.39. The van der Waals surface area contributed by atoms with Crippen molar-refractivity contribution in [1.82, 2.24) is 30.1 Å². The SMILES string of the molecule is Cc1cnc(CN2CCC(N3CCCC(C(=O)NCc4ccccn4)C3)CC2)[nH]1. The van der Waals surface area contributed by atoms with Crippen LogP contribution in [0, 0.1) is 12.8 Å². The number of nitrogens with one attached hydrogen (secondary N) is 2. The summed E-state index contributed by atoms with van der Waals surface area (Å²) in [5.41, 5.74) is 2.03. The molecule has 4 rings (SSSR count). The third kappa shape index (κ3) is 5.42. The fourth-order valence-corrected chi connectivity index (χ4v) is 4.58. The molecule has 1 atom stereocenters. The van der Waals surface area contributed by atoms with Gasteiger partial charge < -0.3 is 10.3 Å². The summed E-state index contributed by atoms with van der Waals surface area (Å²) < 4.78 is 0. The Morgan fingerprint density at radius 3 is 2.79 bits per heavy atom. The van der Waals surface area contributed by atoms with E-state index >= 15 is 0 Å². The van der Waals surface area contributed by atoms with Gasteiger partial charge in [-0.25, -0.2) is 4.98 Å². The number of hydrogen-bond acceptors (Lipinski definition) is 5. The molecule has 0 bridgehead atoms. The van der Waals surface area contributed by atoms with Gasteiger partial charge in [0.15, 0.2) is 0 Å². The first-order valence-corrected chi connectivity index (χ1v) is 10.8. The molecule has 1 unspecified atom stereocenters. The van der Waals surface area contributed by atoms with Crippen LogP contribution >= 0.6 is 0 Å². The molecule has 7 heteroatoms. The standard InChI is InChI=1S/C22H32N6O/c1-17-13-24-21(26-17)16-27-11-7-20(8-12-27)28-10-4-5-18(15-28)22(29)25-14-19-6-2-3-9-23-19/h2-3,6,9,13,18,20H,4-5,7-8,10-12,14-16H2,1H3,(H,24,26)(H,25,29). The monoisotopic (exact) mass is 396 g/mol. The average molecular weight is 397 g/mol. The molecule has 2 aliphatic heterocycles. The number of likely N-dealkylation sites (tertiary alicyclic amines) is 2. The molecule has 0 radical (unpaired) electrons. The molecule has 2 aromatic heterocycles. The van der Waals surface area contributed by atoms with Gasteiger partial charge in [-0.2, -0.15) is 0 Å². The maximum absolute atomic E-state index is 12.7. The normalized spacial score (nSPS) is 21.9. The van der Waals surface area contributed by atoms with E-state index < -0.39 is 0 Å². The number of carbonyl (C=O) groups is 1. The smallest absolute Gasteiger partial charge is 0.224 e. The molecule has 2 saturated heterocycles. The molecule has 0 aromatic carbocycles. The average Bonchev–Trinajstić information content (AvgIpc) is 3.18. The number of aromatic nitrogens is 3. The molecular weight excluding hydrogens is 364 g/mol. The van der Waals surface area contributed by atoms with Gasteiger partial charge in [0.25, 0.3) is 0 Å². The first-order valence-electron chi connectivity index (χ1n) is 10.8. The highest BCUT2D eigenvalue weighted by molar-refractivity contribution is 5.78. The van der Waals surface area contributed by atoms with Crippen molar-refractivity contribution in [2.45, 2.75) is 51.7 Å². The van der Waals surface area contributed by atoms with E-state index in [1.54, 1.807) is 6.20 Å². The van der Waals surface area contributed by atoms with Gasteiger partial charge in [0.2, 0.25) is 5.91 Å². The highest BCUT2D eigenvalue weighted by Crippen LogP contribution is 2.24. The molecule has 156 valence electrons. The number of hydrogen-bond donors (Lipinski definition) is 2. The van der Waals surface area contributed by atoms with Gasteiger partial charge in [0, 0.05) is 43.8 Å². The molecule has 1 amide bonds. The first kappa shape index (κ1) is 20.0. The van der Waals surface area contributed by atoms with Gasteiger partial charge in [-0.05, 0) is 51.3 Å². The Balaban J connectivity index is 1.23. The minimum Gasteiger partial charge on any atom is -0.350 e. The van der Waals surface area contributed by atoms with E-state index in [4.69, 9.17) is 0 Å². The van der Waals surface area contributed by atoms with Crippen molar-refractivity contribution in [2.75, 3.05) is 26.2 Å². The summed E-state index contributed by atoms with van der Waals surface area (Å²) in [6.07, 6.45) is 8.09. The molecule has 0 saturated carbocycles. The Morgan fingerprint density at radius 1 is 1.21 bits per heavy atom. The van der Waals surface area contributed by atoms with E-state index in [2.05, 4.69) is 30.1 Å². The second-order valence-electron chi connectivity index (χ2n) is 8.39. The maximum atomic E-state index is 12.7. The van der Waals surface area contributed by atoms with Crippen LogP contribution in [0.2, 0.25) is 0 Å². The number of aromatic amines is 1. The lowest BCUT2D eigenvalue weighted by molar-refractivity contribution is -0.127. The van der Waals surface area contributed by atoms with Crippen molar-refractivity contribution in [2.24, 2.45) is 5.92 Å². The van der Waals surface area contributed by atoms with Crippen molar-refractivity contribution in [3.05, 3.63) is 47.8 Å². The number of H-pyrrole nitrogens is 1. The fraction of sp³-hybridized carbons (Fsp3) is 0.591. The summed E-state index contributed by atoms with van der Waals surface area (Å²) in [5.74, 6) is 1.33. The zero-order valence-corrected chi connectivity index (χ0v) is 17.3. The molecule has 7 nitrogen and oxygen atoms in total. The number of carbonyl (C=O) groups excluding carboxylic acids is 1. The van der Waals surface area contributed by atoms with E-state index in [0.29, 0.717) is 12.6 Å². The van der Waals surface area contributed by atoms with Gasteiger partial charge >= 0.3 is 0 Å². The number of nitrogens with zero attached hydrogens (tertiary/aromatic N) is 4. The third-order valence-corrected chi connectivity index (χ3v) is 6.20. The lowest BCUT2D eigenvalue weighted by atomic mass is 9.93. The van der Waals surface area contributed by atoms with Crippen molar-refractivity contribution < 1.29 is 4.79 Å². The van der Waals surface area contributed by atoms with Gasteiger partial charge in [-0.15, -0.1) is 0 Å². The van der Waals surface area contributed by atoms with Crippen molar-refractivity contribution in [3.8, 4) is 0 Å². The molecule has 29 heavy (non-hydrogen) atoms. The van der Waals surface area contributed by atoms with Crippen LogP contribution in [-0.2, 0) is 17.9 Å². The van der Waals surface area contributed by atoms with Crippen molar-refractivity contribution >= 4 is 5.91 Å². The number of rotatable bonds is 6. The summed E-state index contributed by atoms with van der Waals surface area (Å²) in [6.45, 7) is 7.65. The van der Waals surface area contributed by atoms with E-state index in [1.807, 2.05) is 31.3 Å². The van der Waals surface area contributed by atoms with E-state index in [-0.39, 0.29) is 11.8 Å². The fourth-order valence-electron chi connectivity index (χ4n) is 4.58. The molecule has 2 aliphatic rings. The predicted molar refractivity (Wildman–Crippen MR) is 112 cm³/mol.